The van der Waals surface area contributed by atoms with Crippen LogP contribution in [-0.2, 0) is 6.42 Å². The van der Waals surface area contributed by atoms with Gasteiger partial charge in [0.1, 0.15) is 5.56 Å². The van der Waals surface area contributed by atoms with Crippen LogP contribution in [0.2, 0.25) is 0 Å². The van der Waals surface area contributed by atoms with Gasteiger partial charge in [-0.25, -0.2) is 0 Å². The first kappa shape index (κ1) is 12.9. The lowest BCUT2D eigenvalue weighted by molar-refractivity contribution is -0.395. The Hall–Kier alpha value is -1.21. The van der Waals surface area contributed by atoms with Crippen LogP contribution < -0.4 is 0 Å². The third-order valence-corrected chi connectivity index (χ3v) is 2.55. The monoisotopic (exact) mass is 308 g/mol. The molecule has 0 aromatic heterocycles. The third kappa shape index (κ3) is 2.67. The second-order valence-corrected chi connectivity index (χ2v) is 4.17. The van der Waals surface area contributed by atoms with Gasteiger partial charge < -0.3 is 0 Å². The highest BCUT2D eigenvalue weighted by molar-refractivity contribution is 9.10. The first-order valence-corrected chi connectivity index (χ1v) is 5.47. The van der Waals surface area contributed by atoms with Gasteiger partial charge in [-0.2, -0.15) is 0 Å². The molecule has 1 rings (SSSR count). The van der Waals surface area contributed by atoms with E-state index < -0.39 is 9.85 Å². The minimum atomic E-state index is -0.653. The number of rotatable bonds is 4. The summed E-state index contributed by atoms with van der Waals surface area (Å²) < 4.78 is 0.296. The average Bonchev–Trinajstić information content (AvgIpc) is 2.19. The van der Waals surface area contributed by atoms with Crippen molar-refractivity contribution in [2.24, 2.45) is 0 Å². The second kappa shape index (κ2) is 5.22. The predicted octanol–water partition coefficient (Wildman–Crippen LogP) is 3.05. The second-order valence-electron chi connectivity index (χ2n) is 2.88. The summed E-state index contributed by atoms with van der Waals surface area (Å²) in [7, 11) is 0. The van der Waals surface area contributed by atoms with E-state index in [-0.39, 0.29) is 29.2 Å². The predicted molar refractivity (Wildman–Crippen MR) is 61.9 cm³/mol. The van der Waals surface area contributed by atoms with Gasteiger partial charge in [-0.1, -0.05) is 15.9 Å². The number of nitro benzene ring substituents is 2. The highest BCUT2D eigenvalue weighted by atomic mass is 79.9. The third-order valence-electron chi connectivity index (χ3n) is 1.91. The molecule has 0 fully saturated rings. The summed E-state index contributed by atoms with van der Waals surface area (Å²) in [5.41, 5.74) is -0.531. The molecule has 1 aromatic rings. The molecule has 0 saturated heterocycles. The molecule has 0 bridgehead atoms. The van der Waals surface area contributed by atoms with E-state index in [9.17, 15) is 20.2 Å². The van der Waals surface area contributed by atoms with Gasteiger partial charge in [-0.15, -0.1) is 11.6 Å². The molecule has 0 aliphatic heterocycles. The Morgan fingerprint density at radius 1 is 1.19 bits per heavy atom. The van der Waals surface area contributed by atoms with Crippen LogP contribution in [0.1, 0.15) is 5.56 Å². The van der Waals surface area contributed by atoms with Gasteiger partial charge in [-0.05, 0) is 6.42 Å². The minimum absolute atomic E-state index is 0.0493. The van der Waals surface area contributed by atoms with Crippen molar-refractivity contribution in [1.82, 2.24) is 0 Å². The zero-order valence-electron chi connectivity index (χ0n) is 7.85. The van der Waals surface area contributed by atoms with Gasteiger partial charge >= 0.3 is 0 Å². The van der Waals surface area contributed by atoms with E-state index >= 15 is 0 Å². The van der Waals surface area contributed by atoms with Crippen molar-refractivity contribution in [3.05, 3.63) is 42.4 Å². The molecule has 0 N–H and O–H groups in total. The zero-order valence-corrected chi connectivity index (χ0v) is 10.2. The molecular weight excluding hydrogens is 303 g/mol. The Morgan fingerprint density at radius 2 is 1.62 bits per heavy atom. The number of alkyl halides is 1. The van der Waals surface area contributed by atoms with Crippen LogP contribution in [0.5, 0.6) is 0 Å². The lowest BCUT2D eigenvalue weighted by Crippen LogP contribution is -2.02. The van der Waals surface area contributed by atoms with Crippen molar-refractivity contribution in [3.8, 4) is 0 Å². The van der Waals surface area contributed by atoms with E-state index in [1.165, 1.54) is 12.1 Å². The summed E-state index contributed by atoms with van der Waals surface area (Å²) in [5.74, 6) is 0.0866. The summed E-state index contributed by atoms with van der Waals surface area (Å²) in [5, 5.41) is 21.5. The van der Waals surface area contributed by atoms with Crippen molar-refractivity contribution in [2.45, 2.75) is 6.42 Å². The van der Waals surface area contributed by atoms with Crippen molar-refractivity contribution in [1.29, 1.82) is 0 Å². The number of benzene rings is 1. The van der Waals surface area contributed by atoms with Gasteiger partial charge in [0.2, 0.25) is 0 Å². The highest BCUT2D eigenvalue weighted by Crippen LogP contribution is 2.33. The van der Waals surface area contributed by atoms with E-state index in [4.69, 9.17) is 11.6 Å². The Balaban J connectivity index is 3.47. The fourth-order valence-corrected chi connectivity index (χ4v) is 1.91. The van der Waals surface area contributed by atoms with Crippen molar-refractivity contribution in [3.63, 3.8) is 0 Å². The molecule has 0 heterocycles. The van der Waals surface area contributed by atoms with Crippen LogP contribution in [-0.4, -0.2) is 15.7 Å². The number of halogens is 2. The smallest absolute Gasteiger partial charge is 0.258 e. The minimum Gasteiger partial charge on any atom is -0.258 e. The SMILES string of the molecule is O=[N+]([O-])c1cc(Br)cc([N+](=O)[O-])c1CCCl. The molecule has 16 heavy (non-hydrogen) atoms. The molecule has 0 spiro atoms. The van der Waals surface area contributed by atoms with Crippen molar-refractivity contribution in [2.75, 3.05) is 5.88 Å². The fourth-order valence-electron chi connectivity index (χ4n) is 1.28. The van der Waals surface area contributed by atoms with Crippen LogP contribution in [0.3, 0.4) is 0 Å². The molecule has 8 heteroatoms. The molecule has 6 nitrogen and oxygen atoms in total. The maximum Gasteiger partial charge on any atom is 0.280 e. The summed E-state index contributed by atoms with van der Waals surface area (Å²) in [6.45, 7) is 0. The van der Waals surface area contributed by atoms with E-state index in [1.807, 2.05) is 0 Å². The topological polar surface area (TPSA) is 86.3 Å². The molecule has 0 unspecified atom stereocenters. The first-order valence-electron chi connectivity index (χ1n) is 4.14. The number of hydrogen-bond donors (Lipinski definition) is 0. The lowest BCUT2D eigenvalue weighted by atomic mass is 10.1. The van der Waals surface area contributed by atoms with Gasteiger partial charge in [0.25, 0.3) is 11.4 Å². The number of nitro groups is 2. The summed E-state index contributed by atoms with van der Waals surface area (Å²) in [6, 6.07) is 2.46. The summed E-state index contributed by atoms with van der Waals surface area (Å²) >= 11 is 8.47. The van der Waals surface area contributed by atoms with E-state index in [2.05, 4.69) is 15.9 Å². The van der Waals surface area contributed by atoms with Crippen LogP contribution in [0.4, 0.5) is 11.4 Å². The number of hydrogen-bond acceptors (Lipinski definition) is 4. The molecule has 0 radical (unpaired) electrons. The van der Waals surface area contributed by atoms with Crippen LogP contribution in [0, 0.1) is 20.2 Å². The molecule has 0 aliphatic carbocycles. The molecule has 0 aliphatic rings. The average molecular weight is 310 g/mol. The standard InChI is InChI=1S/C8H6BrClN2O4/c9-5-3-7(11(13)14)6(1-2-10)8(4-5)12(15)16/h3-4H,1-2H2. The van der Waals surface area contributed by atoms with E-state index in [0.717, 1.165) is 0 Å². The molecule has 0 amide bonds. The Labute approximate surface area is 104 Å². The van der Waals surface area contributed by atoms with Crippen LogP contribution in [0.15, 0.2) is 16.6 Å². The van der Waals surface area contributed by atoms with Gasteiger partial charge in [0.05, 0.1) is 9.85 Å². The molecule has 1 aromatic carbocycles. The maximum absolute atomic E-state index is 10.7. The normalized spacial score (nSPS) is 10.1. The van der Waals surface area contributed by atoms with Crippen LogP contribution >= 0.6 is 27.5 Å². The quantitative estimate of drug-likeness (QED) is 0.486. The van der Waals surface area contributed by atoms with Crippen molar-refractivity contribution >= 4 is 38.9 Å². The molecule has 0 saturated carbocycles. The highest BCUT2D eigenvalue weighted by Gasteiger charge is 2.25. The molecular formula is C8H6BrClN2O4. The largest absolute Gasteiger partial charge is 0.280 e. The summed E-state index contributed by atoms with van der Waals surface area (Å²) in [4.78, 5) is 20.2. The Bertz CT molecular complexity index is 417. The first-order chi connectivity index (χ1) is 7.47. The van der Waals surface area contributed by atoms with Crippen LogP contribution in [0.25, 0.3) is 0 Å². The maximum atomic E-state index is 10.7. The Morgan fingerprint density at radius 3 is 1.94 bits per heavy atom. The summed E-state index contributed by atoms with van der Waals surface area (Å²) in [6.07, 6.45) is 0.0848. The van der Waals surface area contributed by atoms with Gasteiger partial charge in [0.15, 0.2) is 0 Å². The Kier molecular flexibility index (Phi) is 4.19. The van der Waals surface area contributed by atoms with Crippen molar-refractivity contribution < 1.29 is 9.85 Å². The van der Waals surface area contributed by atoms with E-state index in [0.29, 0.717) is 4.47 Å². The van der Waals surface area contributed by atoms with Gasteiger partial charge in [-0.3, -0.25) is 20.2 Å². The van der Waals surface area contributed by atoms with E-state index in [1.54, 1.807) is 0 Å². The van der Waals surface area contributed by atoms with Gasteiger partial charge in [0, 0.05) is 22.5 Å². The molecule has 0 atom stereocenters. The lowest BCUT2D eigenvalue weighted by Gasteiger charge is -2.03. The number of nitrogens with zero attached hydrogens (tertiary/aromatic N) is 2. The zero-order chi connectivity index (χ0) is 12.3. The molecule has 86 valence electrons. The fraction of sp³-hybridized carbons (Fsp3) is 0.250.